The number of amides is 1. The molecule has 11 nitrogen and oxygen atoms in total. The summed E-state index contributed by atoms with van der Waals surface area (Å²) in [6, 6.07) is 0. The molecular formula is C36H60N2O9. The fraction of sp³-hybridized carbons (Fsp3) is 0.778. The molecule has 0 spiro atoms. The zero-order valence-electron chi connectivity index (χ0n) is 29.5. The number of hydrogen-bond acceptors (Lipinski definition) is 10. The lowest BCUT2D eigenvalue weighted by Gasteiger charge is -2.32. The van der Waals surface area contributed by atoms with E-state index in [1.165, 1.54) is 12.8 Å². The van der Waals surface area contributed by atoms with Crippen molar-refractivity contribution in [3.8, 4) is 0 Å². The number of alkyl carbamates (subject to hydrolysis) is 1. The summed E-state index contributed by atoms with van der Waals surface area (Å²) in [4.78, 5) is 27.8. The third-order valence-corrected chi connectivity index (χ3v) is 9.92. The Bertz CT molecular complexity index is 1080. The minimum atomic E-state index is -1.48. The molecule has 47 heavy (non-hydrogen) atoms. The maximum absolute atomic E-state index is 12.8. The maximum atomic E-state index is 12.8. The van der Waals surface area contributed by atoms with Gasteiger partial charge in [-0.05, 0) is 70.7 Å². The number of nitrogens with zero attached hydrogens (tertiary/aromatic N) is 1. The number of methoxy groups -OCH3 is 1. The van der Waals surface area contributed by atoms with Gasteiger partial charge in [-0.1, -0.05) is 52.0 Å². The minimum Gasteiger partial charge on any atom is -0.457 e. The van der Waals surface area contributed by atoms with Crippen LogP contribution in [-0.4, -0.2) is 114 Å². The van der Waals surface area contributed by atoms with Crippen molar-refractivity contribution in [1.29, 1.82) is 0 Å². The van der Waals surface area contributed by atoms with E-state index in [0.717, 1.165) is 31.6 Å². The van der Waals surface area contributed by atoms with Gasteiger partial charge in [0.15, 0.2) is 6.10 Å². The van der Waals surface area contributed by atoms with Crippen molar-refractivity contribution in [1.82, 2.24) is 10.2 Å². The number of rotatable bonds is 13. The number of nitrogens with one attached hydrogen (secondary N) is 1. The first-order chi connectivity index (χ1) is 22.3. The first-order valence-corrected chi connectivity index (χ1v) is 17.4. The summed E-state index contributed by atoms with van der Waals surface area (Å²) in [5.74, 6) is -0.898. The number of allylic oxidation sites excluding steroid dienone is 2. The minimum absolute atomic E-state index is 0.0452. The number of aliphatic hydroxyl groups excluding tert-OH is 2. The number of likely N-dealkylation sites (tertiary alicyclic amines) is 1. The summed E-state index contributed by atoms with van der Waals surface area (Å²) < 4.78 is 22.9. The number of carbonyl (C=O) groups is 2. The third-order valence-electron chi connectivity index (χ3n) is 9.92. The summed E-state index contributed by atoms with van der Waals surface area (Å²) in [7, 11) is 1.70. The first-order valence-electron chi connectivity index (χ1n) is 17.4. The zero-order chi connectivity index (χ0) is 34.7. The Morgan fingerprint density at radius 2 is 1.94 bits per heavy atom. The Labute approximate surface area is 281 Å². The molecule has 3 aliphatic rings. The second kappa shape index (κ2) is 18.5. The molecule has 11 heteroatoms. The van der Waals surface area contributed by atoms with Gasteiger partial charge >= 0.3 is 12.1 Å². The zero-order valence-corrected chi connectivity index (χ0v) is 29.5. The van der Waals surface area contributed by atoms with E-state index in [-0.39, 0.29) is 55.3 Å². The number of ether oxygens (including phenoxy) is 4. The molecule has 4 N–H and O–H groups in total. The van der Waals surface area contributed by atoms with Crippen LogP contribution in [0.5, 0.6) is 0 Å². The van der Waals surface area contributed by atoms with E-state index in [1.54, 1.807) is 26.2 Å². The van der Waals surface area contributed by atoms with Crippen LogP contribution in [-0.2, 0) is 23.7 Å². The van der Waals surface area contributed by atoms with Gasteiger partial charge in [0.2, 0.25) is 0 Å². The molecule has 1 amide bonds. The average molecular weight is 665 g/mol. The van der Waals surface area contributed by atoms with Crippen LogP contribution in [0.1, 0.15) is 80.1 Å². The fourth-order valence-electron chi connectivity index (χ4n) is 6.62. The van der Waals surface area contributed by atoms with E-state index in [4.69, 9.17) is 18.9 Å². The maximum Gasteiger partial charge on any atom is 0.407 e. The normalized spacial score (nSPS) is 34.4. The molecule has 0 aromatic rings. The molecule has 268 valence electrons. The topological polar surface area (TPSA) is 150 Å². The fourth-order valence-corrected chi connectivity index (χ4v) is 6.62. The highest BCUT2D eigenvalue weighted by molar-refractivity contribution is 5.70. The number of hydrogen-bond donors (Lipinski definition) is 4. The highest BCUT2D eigenvalue weighted by Crippen LogP contribution is 2.37. The smallest absolute Gasteiger partial charge is 0.407 e. The van der Waals surface area contributed by atoms with Gasteiger partial charge in [0, 0.05) is 38.0 Å². The second-order valence-corrected chi connectivity index (χ2v) is 14.0. The Morgan fingerprint density at radius 1 is 1.23 bits per heavy atom. The number of aliphatic hydroxyl groups is 3. The Kier molecular flexibility index (Phi) is 15.4. The van der Waals surface area contributed by atoms with Crippen molar-refractivity contribution < 1.29 is 43.9 Å². The van der Waals surface area contributed by atoms with Gasteiger partial charge < -0.3 is 44.5 Å². The SMILES string of the molecule is CCC(OC)C(C)C1OC1C(O)C(C)/C=C/C=C(\C)C1OC(=O)CC(O)CCC(C)(O)C(OC(=O)NCCN2CCCC2)/C=C/C1C. The van der Waals surface area contributed by atoms with Crippen LogP contribution in [0.4, 0.5) is 4.79 Å². The van der Waals surface area contributed by atoms with Crippen molar-refractivity contribution >= 4 is 12.1 Å². The predicted octanol–water partition coefficient (Wildman–Crippen LogP) is 3.90. The van der Waals surface area contributed by atoms with Crippen molar-refractivity contribution in [2.24, 2.45) is 17.8 Å². The van der Waals surface area contributed by atoms with Crippen LogP contribution in [0, 0.1) is 17.8 Å². The largest absolute Gasteiger partial charge is 0.457 e. The summed E-state index contributed by atoms with van der Waals surface area (Å²) >= 11 is 0. The van der Waals surface area contributed by atoms with Gasteiger partial charge in [-0.2, -0.15) is 0 Å². The third kappa shape index (κ3) is 12.0. The van der Waals surface area contributed by atoms with Gasteiger partial charge in [0.1, 0.15) is 17.8 Å². The Hall–Kier alpha value is -2.28. The molecule has 2 saturated heterocycles. The van der Waals surface area contributed by atoms with E-state index in [0.29, 0.717) is 6.54 Å². The van der Waals surface area contributed by atoms with Crippen LogP contribution in [0.2, 0.25) is 0 Å². The summed E-state index contributed by atoms with van der Waals surface area (Å²) in [5.41, 5.74) is -0.723. The lowest BCUT2D eigenvalue weighted by molar-refractivity contribution is -0.151. The highest BCUT2D eigenvalue weighted by atomic mass is 16.6. The van der Waals surface area contributed by atoms with Crippen molar-refractivity contribution in [2.75, 3.05) is 33.3 Å². The molecule has 3 rings (SSSR count). The molecule has 0 bridgehead atoms. The van der Waals surface area contributed by atoms with Crippen LogP contribution in [0.15, 0.2) is 36.0 Å². The molecular weight excluding hydrogens is 604 g/mol. The number of esters is 1. The van der Waals surface area contributed by atoms with Gasteiger partial charge in [0.25, 0.3) is 0 Å². The molecule has 0 aromatic heterocycles. The summed E-state index contributed by atoms with van der Waals surface area (Å²) in [6.07, 6.45) is 8.03. The monoisotopic (exact) mass is 664 g/mol. The lowest BCUT2D eigenvalue weighted by atomic mass is 9.88. The average Bonchev–Trinajstić information content (AvgIpc) is 3.66. The number of epoxide rings is 1. The molecule has 0 aromatic carbocycles. The van der Waals surface area contributed by atoms with Crippen molar-refractivity contribution in [3.05, 3.63) is 36.0 Å². The molecule has 0 saturated carbocycles. The van der Waals surface area contributed by atoms with Gasteiger partial charge in [-0.25, -0.2) is 4.79 Å². The van der Waals surface area contributed by atoms with Crippen LogP contribution < -0.4 is 5.32 Å². The van der Waals surface area contributed by atoms with E-state index >= 15 is 0 Å². The van der Waals surface area contributed by atoms with E-state index in [2.05, 4.69) is 24.1 Å². The number of carbonyl (C=O) groups excluding carboxylic acids is 2. The first kappa shape index (κ1) is 39.2. The quantitative estimate of drug-likeness (QED) is 0.0988. The molecule has 0 radical (unpaired) electrons. The second-order valence-electron chi connectivity index (χ2n) is 14.0. The predicted molar refractivity (Wildman–Crippen MR) is 180 cm³/mol. The standard InChI is InChI=1S/C36H60N2O9/c1-8-28(44-7)26(5)33-34(47-33)31(41)23(2)12-11-13-24(3)32-25(4)14-15-29(36(6,43)17-16-27(39)22-30(40)46-32)45-35(42)37-18-21-38-19-9-10-20-38/h11-15,23,25-29,31-34,39,41,43H,8-10,16-22H2,1-7H3,(H,37,42)/b12-11+,15-14+,24-13+. The Morgan fingerprint density at radius 3 is 2.60 bits per heavy atom. The lowest BCUT2D eigenvalue weighted by Crippen LogP contribution is -2.45. The summed E-state index contributed by atoms with van der Waals surface area (Å²) in [6.45, 7) is 14.6. The van der Waals surface area contributed by atoms with Gasteiger partial charge in [0.05, 0.1) is 30.8 Å². The van der Waals surface area contributed by atoms with E-state index in [9.17, 15) is 24.9 Å². The number of cyclic esters (lactones) is 1. The molecule has 2 fully saturated rings. The van der Waals surface area contributed by atoms with E-state index < -0.39 is 42.1 Å². The van der Waals surface area contributed by atoms with Gasteiger partial charge in [-0.3, -0.25) is 4.79 Å². The van der Waals surface area contributed by atoms with Crippen molar-refractivity contribution in [2.45, 2.75) is 128 Å². The molecule has 11 unspecified atom stereocenters. The van der Waals surface area contributed by atoms with Gasteiger partial charge in [-0.15, -0.1) is 0 Å². The molecule has 3 heterocycles. The van der Waals surface area contributed by atoms with E-state index in [1.807, 2.05) is 39.0 Å². The molecule has 0 aliphatic carbocycles. The van der Waals surface area contributed by atoms with Crippen LogP contribution >= 0.6 is 0 Å². The van der Waals surface area contributed by atoms with Crippen molar-refractivity contribution in [3.63, 3.8) is 0 Å². The molecule has 3 aliphatic heterocycles. The van der Waals surface area contributed by atoms with Crippen LogP contribution in [0.3, 0.4) is 0 Å². The Balaban J connectivity index is 1.68. The highest BCUT2D eigenvalue weighted by Gasteiger charge is 2.50. The molecule has 11 atom stereocenters. The summed E-state index contributed by atoms with van der Waals surface area (Å²) in [5, 5.41) is 35.6. The van der Waals surface area contributed by atoms with Crippen LogP contribution in [0.25, 0.3) is 0 Å².